The van der Waals surface area contributed by atoms with Gasteiger partial charge in [0, 0.05) is 0 Å². The molecule has 0 aliphatic carbocycles. The molecule has 0 amide bonds. The fraction of sp³-hybridized carbons (Fsp3) is 0.333. The summed E-state index contributed by atoms with van der Waals surface area (Å²) >= 11 is 0.959. The Morgan fingerprint density at radius 1 is 1.69 bits per heavy atom. The number of rotatable bonds is 4. The van der Waals surface area contributed by atoms with E-state index in [9.17, 15) is 10.1 Å². The van der Waals surface area contributed by atoms with Crippen molar-refractivity contribution in [2.45, 2.75) is 13.0 Å². The number of H-pyrrole nitrogens is 1. The van der Waals surface area contributed by atoms with Crippen molar-refractivity contribution in [2.75, 3.05) is 5.32 Å². The maximum Gasteiger partial charge on any atom is 0.345 e. The molecule has 2 heterocycles. The third kappa shape index (κ3) is 2.11. The molecule has 84 valence electrons. The quantitative estimate of drug-likeness (QED) is 0.597. The Hall–Kier alpha value is -2.10. The number of hydrogen-bond donors (Lipinski definition) is 2. The number of aromatic amines is 1. The van der Waals surface area contributed by atoms with E-state index in [0.29, 0.717) is 11.0 Å². The smallest absolute Gasteiger partial charge is 0.345 e. The van der Waals surface area contributed by atoms with Crippen LogP contribution >= 0.6 is 11.3 Å². The van der Waals surface area contributed by atoms with Crippen LogP contribution in [0.3, 0.4) is 0 Å². The molecule has 1 unspecified atom stereocenters. The van der Waals surface area contributed by atoms with E-state index in [2.05, 4.69) is 30.9 Å². The van der Waals surface area contributed by atoms with Crippen LogP contribution in [0.1, 0.15) is 18.8 Å². The molecule has 0 bridgehead atoms. The van der Waals surface area contributed by atoms with Gasteiger partial charge in [0.1, 0.15) is 6.20 Å². The molecule has 2 N–H and O–H groups in total. The lowest BCUT2D eigenvalue weighted by molar-refractivity contribution is -0.380. The number of nitrogens with one attached hydrogen (secondary N) is 2. The normalized spacial score (nSPS) is 12.3. The van der Waals surface area contributed by atoms with Crippen molar-refractivity contribution in [2.24, 2.45) is 0 Å². The second kappa shape index (κ2) is 4.18. The number of anilines is 1. The highest BCUT2D eigenvalue weighted by Gasteiger charge is 2.15. The van der Waals surface area contributed by atoms with Gasteiger partial charge in [-0.1, -0.05) is 5.21 Å². The van der Waals surface area contributed by atoms with Crippen molar-refractivity contribution in [1.29, 1.82) is 0 Å². The highest BCUT2D eigenvalue weighted by atomic mass is 32.1. The maximum atomic E-state index is 10.4. The van der Waals surface area contributed by atoms with Crippen LogP contribution in [0.5, 0.6) is 0 Å². The van der Waals surface area contributed by atoms with Crippen molar-refractivity contribution in [3.05, 3.63) is 22.1 Å². The van der Waals surface area contributed by atoms with Crippen LogP contribution < -0.4 is 5.32 Å². The molecule has 0 fully saturated rings. The molecule has 0 saturated carbocycles. The molecule has 2 rings (SSSR count). The summed E-state index contributed by atoms with van der Waals surface area (Å²) in [6, 6.07) is -0.218. The van der Waals surface area contributed by atoms with Crippen LogP contribution in [-0.4, -0.2) is 30.5 Å². The number of nitro groups is 1. The third-order valence-corrected chi connectivity index (χ3v) is 2.64. The van der Waals surface area contributed by atoms with Crippen molar-refractivity contribution in [3.63, 3.8) is 0 Å². The monoisotopic (exact) mass is 241 g/mol. The first kappa shape index (κ1) is 10.4. The molecule has 0 saturated heterocycles. The zero-order valence-electron chi connectivity index (χ0n) is 8.12. The summed E-state index contributed by atoms with van der Waals surface area (Å²) in [6.07, 6.45) is 1.20. The predicted octanol–water partition coefficient (Wildman–Crippen LogP) is 0.737. The van der Waals surface area contributed by atoms with E-state index >= 15 is 0 Å². The van der Waals surface area contributed by atoms with E-state index in [4.69, 9.17) is 0 Å². The van der Waals surface area contributed by atoms with E-state index in [1.165, 1.54) is 6.20 Å². The molecule has 10 heteroatoms. The van der Waals surface area contributed by atoms with E-state index in [1.54, 1.807) is 6.92 Å². The number of nitrogens with zero attached hydrogens (tertiary/aromatic N) is 5. The van der Waals surface area contributed by atoms with Gasteiger partial charge in [0.05, 0.1) is 11.0 Å². The fourth-order valence-corrected chi connectivity index (χ4v) is 1.74. The SMILES string of the molecule is CC(Nc1ncc([N+](=O)[O-])s1)c1nn[nH]n1. The largest absolute Gasteiger partial charge is 0.351 e. The Labute approximate surface area is 93.1 Å². The van der Waals surface area contributed by atoms with E-state index in [0.717, 1.165) is 11.3 Å². The molecule has 0 aromatic carbocycles. The van der Waals surface area contributed by atoms with Gasteiger partial charge in [-0.3, -0.25) is 10.1 Å². The van der Waals surface area contributed by atoms with E-state index in [1.807, 2.05) is 0 Å². The minimum Gasteiger partial charge on any atom is -0.351 e. The Morgan fingerprint density at radius 3 is 3.06 bits per heavy atom. The summed E-state index contributed by atoms with van der Waals surface area (Å²) in [7, 11) is 0. The number of hydrogen-bond acceptors (Lipinski definition) is 8. The Kier molecular flexibility index (Phi) is 2.72. The van der Waals surface area contributed by atoms with Gasteiger partial charge in [0.15, 0.2) is 11.0 Å². The lowest BCUT2D eigenvalue weighted by atomic mass is 10.3. The van der Waals surface area contributed by atoms with Gasteiger partial charge in [0.25, 0.3) is 0 Å². The molecule has 2 aromatic heterocycles. The first-order chi connectivity index (χ1) is 7.66. The summed E-state index contributed by atoms with van der Waals surface area (Å²) in [5, 5.41) is 27.1. The van der Waals surface area contributed by atoms with Gasteiger partial charge < -0.3 is 5.32 Å². The van der Waals surface area contributed by atoms with Crippen molar-refractivity contribution in [1.82, 2.24) is 25.6 Å². The predicted molar refractivity (Wildman–Crippen MR) is 55.0 cm³/mol. The van der Waals surface area contributed by atoms with Gasteiger partial charge in [-0.25, -0.2) is 4.98 Å². The zero-order chi connectivity index (χ0) is 11.5. The topological polar surface area (TPSA) is 123 Å². The summed E-state index contributed by atoms with van der Waals surface area (Å²) in [4.78, 5) is 13.8. The summed E-state index contributed by atoms with van der Waals surface area (Å²) in [6.45, 7) is 1.80. The van der Waals surface area contributed by atoms with E-state index in [-0.39, 0.29) is 11.0 Å². The molecule has 0 spiro atoms. The van der Waals surface area contributed by atoms with Gasteiger partial charge in [0.2, 0.25) is 0 Å². The molecule has 16 heavy (non-hydrogen) atoms. The number of thiazole rings is 1. The van der Waals surface area contributed by atoms with Crippen LogP contribution in [0, 0.1) is 10.1 Å². The molecule has 9 nitrogen and oxygen atoms in total. The minimum atomic E-state index is -0.484. The minimum absolute atomic E-state index is 0.0113. The first-order valence-corrected chi connectivity index (χ1v) is 5.08. The molecule has 0 radical (unpaired) electrons. The molecular weight excluding hydrogens is 234 g/mol. The molecule has 1 atom stereocenters. The van der Waals surface area contributed by atoms with Crippen molar-refractivity contribution in [3.8, 4) is 0 Å². The summed E-state index contributed by atoms with van der Waals surface area (Å²) in [5.41, 5.74) is 0. The van der Waals surface area contributed by atoms with E-state index < -0.39 is 4.92 Å². The molecule has 0 aliphatic heterocycles. The van der Waals surface area contributed by atoms with Gasteiger partial charge in [-0.05, 0) is 18.3 Å². The van der Waals surface area contributed by atoms with Crippen molar-refractivity contribution >= 4 is 21.5 Å². The highest BCUT2D eigenvalue weighted by Crippen LogP contribution is 2.27. The van der Waals surface area contributed by atoms with Crippen LogP contribution in [-0.2, 0) is 0 Å². The number of tetrazole rings is 1. The second-order valence-corrected chi connectivity index (χ2v) is 3.91. The average molecular weight is 241 g/mol. The van der Waals surface area contributed by atoms with Crippen LogP contribution in [0.4, 0.5) is 10.1 Å². The van der Waals surface area contributed by atoms with Crippen molar-refractivity contribution < 1.29 is 4.92 Å². The summed E-state index contributed by atoms with van der Waals surface area (Å²) < 4.78 is 0. The van der Waals surface area contributed by atoms with Gasteiger partial charge >= 0.3 is 5.00 Å². The Bertz CT molecular complexity index is 481. The Morgan fingerprint density at radius 2 is 2.50 bits per heavy atom. The van der Waals surface area contributed by atoms with Gasteiger partial charge in [-0.2, -0.15) is 5.21 Å². The summed E-state index contributed by atoms with van der Waals surface area (Å²) in [5.74, 6) is 0.470. The van der Waals surface area contributed by atoms with Crippen LogP contribution in [0.15, 0.2) is 6.20 Å². The maximum absolute atomic E-state index is 10.4. The third-order valence-electron chi connectivity index (χ3n) is 1.76. The lowest BCUT2D eigenvalue weighted by Crippen LogP contribution is -2.08. The highest BCUT2D eigenvalue weighted by molar-refractivity contribution is 7.18. The zero-order valence-corrected chi connectivity index (χ0v) is 8.93. The standard InChI is InChI=1S/C6H7N7O2S/c1-3(5-9-11-12-10-5)8-6-7-2-4(16-6)13(14)15/h2-3H,1H3,(H,7,8)(H,9,10,11,12). The fourth-order valence-electron chi connectivity index (χ4n) is 1.02. The number of aromatic nitrogens is 5. The molecular formula is C6H7N7O2S. The lowest BCUT2D eigenvalue weighted by Gasteiger charge is -2.06. The second-order valence-electron chi connectivity index (χ2n) is 2.90. The van der Waals surface area contributed by atoms with Crippen LogP contribution in [0.25, 0.3) is 0 Å². The van der Waals surface area contributed by atoms with Gasteiger partial charge in [-0.15, -0.1) is 10.2 Å². The Balaban J connectivity index is 2.06. The average Bonchev–Trinajstić information content (AvgIpc) is 2.87. The van der Waals surface area contributed by atoms with Crippen LogP contribution in [0.2, 0.25) is 0 Å². The first-order valence-electron chi connectivity index (χ1n) is 4.27. The molecule has 2 aromatic rings. The molecule has 0 aliphatic rings.